The first kappa shape index (κ1) is 23.4. The summed E-state index contributed by atoms with van der Waals surface area (Å²) < 4.78 is 0. The Bertz CT molecular complexity index is 746. The molecule has 0 aliphatic carbocycles. The number of aliphatic hydroxyl groups excluding tert-OH is 4. The molecule has 0 atom stereocenters. The predicted octanol–water partition coefficient (Wildman–Crippen LogP) is 1.91. The van der Waals surface area contributed by atoms with E-state index in [2.05, 4.69) is 41.9 Å². The van der Waals surface area contributed by atoms with Gasteiger partial charge in [0.2, 0.25) is 0 Å². The van der Waals surface area contributed by atoms with Crippen molar-refractivity contribution in [3.8, 4) is 23.7 Å². The van der Waals surface area contributed by atoms with Crippen molar-refractivity contribution in [1.29, 1.82) is 0 Å². The number of aryl methyl sites for hydroxylation is 2. The van der Waals surface area contributed by atoms with Crippen molar-refractivity contribution >= 4 is 0 Å². The van der Waals surface area contributed by atoms with Gasteiger partial charge in [0.15, 0.2) is 0 Å². The smallest absolute Gasteiger partial charge is 0.104 e. The van der Waals surface area contributed by atoms with Crippen molar-refractivity contribution in [2.45, 2.75) is 25.7 Å². The molecule has 0 bridgehead atoms. The van der Waals surface area contributed by atoms with Gasteiger partial charge in [-0.3, -0.25) is 0 Å². The lowest BCUT2D eigenvalue weighted by atomic mass is 10.0. The van der Waals surface area contributed by atoms with E-state index in [9.17, 15) is 0 Å². The van der Waals surface area contributed by atoms with E-state index in [1.54, 1.807) is 0 Å². The van der Waals surface area contributed by atoms with Gasteiger partial charge in [-0.2, -0.15) is 0 Å². The fourth-order valence-electron chi connectivity index (χ4n) is 2.46. The van der Waals surface area contributed by atoms with E-state index >= 15 is 0 Å². The van der Waals surface area contributed by atoms with Gasteiger partial charge in [-0.25, -0.2) is 0 Å². The van der Waals surface area contributed by atoms with Gasteiger partial charge in [-0.1, -0.05) is 54.0 Å². The van der Waals surface area contributed by atoms with E-state index in [0.29, 0.717) is 0 Å². The standard InChI is InChI=1S/C12H18O2.C12H10O2/c2*13-8-2-6-11-4-1-5-12(10-11)7-3-9-14/h1,4-5,10,13-14H,2-3,6-9H2;1,4-5,10,13-14H,8-9H2. The Balaban J connectivity index is 0.000000280. The van der Waals surface area contributed by atoms with Crippen LogP contribution in [0.25, 0.3) is 0 Å². The Morgan fingerprint density at radius 3 is 1.50 bits per heavy atom. The van der Waals surface area contributed by atoms with Crippen molar-refractivity contribution in [2.24, 2.45) is 0 Å². The third kappa shape index (κ3) is 10.5. The van der Waals surface area contributed by atoms with Crippen LogP contribution in [-0.4, -0.2) is 46.9 Å². The normalized spacial score (nSPS) is 9.29. The molecule has 0 heterocycles. The second-order valence-electron chi connectivity index (χ2n) is 5.97. The van der Waals surface area contributed by atoms with Gasteiger partial charge in [0.05, 0.1) is 0 Å². The van der Waals surface area contributed by atoms with Gasteiger partial charge >= 0.3 is 0 Å². The molecular weight excluding hydrogens is 352 g/mol. The topological polar surface area (TPSA) is 80.9 Å². The van der Waals surface area contributed by atoms with E-state index < -0.39 is 0 Å². The fraction of sp³-hybridized carbons (Fsp3) is 0.333. The first-order valence-corrected chi connectivity index (χ1v) is 9.32. The van der Waals surface area contributed by atoms with E-state index in [-0.39, 0.29) is 26.4 Å². The maximum atomic E-state index is 8.71. The monoisotopic (exact) mass is 380 g/mol. The van der Waals surface area contributed by atoms with Crippen LogP contribution in [0.15, 0.2) is 48.5 Å². The number of rotatable bonds is 6. The molecule has 0 radical (unpaired) electrons. The zero-order chi connectivity index (χ0) is 20.5. The van der Waals surface area contributed by atoms with Crippen molar-refractivity contribution < 1.29 is 20.4 Å². The van der Waals surface area contributed by atoms with Crippen molar-refractivity contribution in [3.63, 3.8) is 0 Å². The molecule has 0 aromatic heterocycles. The van der Waals surface area contributed by atoms with Crippen LogP contribution in [0.1, 0.15) is 35.1 Å². The summed E-state index contributed by atoms with van der Waals surface area (Å²) in [7, 11) is 0. The number of aliphatic hydroxyl groups is 4. The van der Waals surface area contributed by atoms with E-state index in [4.69, 9.17) is 20.4 Å². The number of benzene rings is 2. The molecule has 0 amide bonds. The highest BCUT2D eigenvalue weighted by atomic mass is 16.3. The molecule has 2 rings (SSSR count). The molecule has 0 aliphatic heterocycles. The Morgan fingerprint density at radius 1 is 0.607 bits per heavy atom. The summed E-state index contributed by atoms with van der Waals surface area (Å²) in [5.41, 5.74) is 4.16. The Morgan fingerprint density at radius 2 is 1.07 bits per heavy atom. The van der Waals surface area contributed by atoms with Crippen molar-refractivity contribution in [2.75, 3.05) is 26.4 Å². The maximum absolute atomic E-state index is 8.71. The summed E-state index contributed by atoms with van der Waals surface area (Å²) in [5.74, 6) is 10.7. The van der Waals surface area contributed by atoms with Gasteiger partial charge in [0.25, 0.3) is 0 Å². The summed E-state index contributed by atoms with van der Waals surface area (Å²) in [6, 6.07) is 15.7. The minimum atomic E-state index is -0.146. The van der Waals surface area contributed by atoms with E-state index in [1.807, 2.05) is 30.3 Å². The second-order valence-corrected chi connectivity index (χ2v) is 5.97. The van der Waals surface area contributed by atoms with Crippen LogP contribution >= 0.6 is 0 Å². The summed E-state index contributed by atoms with van der Waals surface area (Å²) in [4.78, 5) is 0. The average Bonchev–Trinajstić information content (AvgIpc) is 2.74. The SMILES string of the molecule is OCC#Cc1cccc(C#CCO)c1.OCCCc1cccc(CCCO)c1. The lowest BCUT2D eigenvalue weighted by molar-refractivity contribution is 0.288. The van der Waals surface area contributed by atoms with Crippen LogP contribution in [0, 0.1) is 23.7 Å². The average molecular weight is 380 g/mol. The molecule has 0 fully saturated rings. The highest BCUT2D eigenvalue weighted by Crippen LogP contribution is 2.09. The molecule has 0 unspecified atom stereocenters. The minimum Gasteiger partial charge on any atom is -0.396 e. The number of hydrogen-bond acceptors (Lipinski definition) is 4. The molecule has 4 N–H and O–H groups in total. The van der Waals surface area contributed by atoms with Crippen LogP contribution in [-0.2, 0) is 12.8 Å². The molecule has 4 heteroatoms. The van der Waals surface area contributed by atoms with Crippen molar-refractivity contribution in [3.05, 3.63) is 70.8 Å². The molecule has 0 saturated carbocycles. The summed E-state index contributed by atoms with van der Waals surface area (Å²) >= 11 is 0. The quantitative estimate of drug-likeness (QED) is 0.577. The molecular formula is C24H28O4. The summed E-state index contributed by atoms with van der Waals surface area (Å²) in [6.07, 6.45) is 3.51. The van der Waals surface area contributed by atoms with Crippen LogP contribution in [0.3, 0.4) is 0 Å². The number of hydrogen-bond donors (Lipinski definition) is 4. The van der Waals surface area contributed by atoms with Gasteiger partial charge in [-0.05, 0) is 55.0 Å². The zero-order valence-corrected chi connectivity index (χ0v) is 16.1. The first-order chi connectivity index (χ1) is 13.7. The third-order valence-corrected chi connectivity index (χ3v) is 3.72. The zero-order valence-electron chi connectivity index (χ0n) is 16.1. The molecule has 0 spiro atoms. The minimum absolute atomic E-state index is 0.146. The van der Waals surface area contributed by atoms with E-state index in [0.717, 1.165) is 36.8 Å². The van der Waals surface area contributed by atoms with E-state index in [1.165, 1.54) is 11.1 Å². The largest absolute Gasteiger partial charge is 0.396 e. The first-order valence-electron chi connectivity index (χ1n) is 9.32. The van der Waals surface area contributed by atoms with Crippen LogP contribution < -0.4 is 0 Å². The second kappa shape index (κ2) is 15.5. The summed E-state index contributed by atoms with van der Waals surface area (Å²) in [5, 5.41) is 34.4. The predicted molar refractivity (Wildman–Crippen MR) is 112 cm³/mol. The molecule has 0 saturated heterocycles. The van der Waals surface area contributed by atoms with Gasteiger partial charge in [0, 0.05) is 24.3 Å². The highest BCUT2D eigenvalue weighted by molar-refractivity contribution is 5.43. The lowest BCUT2D eigenvalue weighted by Gasteiger charge is -2.03. The van der Waals surface area contributed by atoms with Gasteiger partial charge in [0.1, 0.15) is 13.2 Å². The van der Waals surface area contributed by atoms with Crippen molar-refractivity contribution in [1.82, 2.24) is 0 Å². The molecule has 0 aliphatic rings. The molecule has 2 aromatic rings. The van der Waals surface area contributed by atoms with Crippen LogP contribution in [0.4, 0.5) is 0 Å². The molecule has 2 aromatic carbocycles. The van der Waals surface area contributed by atoms with Crippen LogP contribution in [0.2, 0.25) is 0 Å². The highest BCUT2D eigenvalue weighted by Gasteiger charge is 1.96. The molecule has 28 heavy (non-hydrogen) atoms. The Kier molecular flexibility index (Phi) is 12.9. The maximum Gasteiger partial charge on any atom is 0.104 e. The van der Waals surface area contributed by atoms with Crippen LogP contribution in [0.5, 0.6) is 0 Å². The molecule has 148 valence electrons. The fourth-order valence-corrected chi connectivity index (χ4v) is 2.46. The Labute approximate surface area is 167 Å². The summed E-state index contributed by atoms with van der Waals surface area (Å²) in [6.45, 7) is 0.209. The third-order valence-electron chi connectivity index (χ3n) is 3.72. The van der Waals surface area contributed by atoms with Gasteiger partial charge in [-0.15, -0.1) is 0 Å². The lowest BCUT2D eigenvalue weighted by Crippen LogP contribution is -1.93. The Hall–Kier alpha value is -2.60. The molecule has 4 nitrogen and oxygen atoms in total. The van der Waals surface area contributed by atoms with Gasteiger partial charge < -0.3 is 20.4 Å².